The monoisotopic (exact) mass is 253 g/mol. The van der Waals surface area contributed by atoms with Crippen LogP contribution < -0.4 is 0 Å². The molecule has 0 N–H and O–H groups in total. The molecule has 0 aliphatic carbocycles. The van der Waals surface area contributed by atoms with Gasteiger partial charge in [-0.15, -0.1) is 0 Å². The van der Waals surface area contributed by atoms with Crippen molar-refractivity contribution in [3.63, 3.8) is 0 Å². The van der Waals surface area contributed by atoms with E-state index in [1.54, 1.807) is 29.2 Å². The number of halogens is 1. The van der Waals surface area contributed by atoms with Gasteiger partial charge in [0.05, 0.1) is 0 Å². The second-order valence-corrected chi connectivity index (χ2v) is 4.31. The Kier molecular flexibility index (Phi) is 2.83. The third-order valence-electron chi connectivity index (χ3n) is 2.94. The molecule has 0 aliphatic heterocycles. The van der Waals surface area contributed by atoms with Crippen molar-refractivity contribution >= 4 is 0 Å². The van der Waals surface area contributed by atoms with Crippen molar-refractivity contribution in [3.05, 3.63) is 60.8 Å². The summed E-state index contributed by atoms with van der Waals surface area (Å²) >= 11 is 0. The second-order valence-electron chi connectivity index (χ2n) is 4.31. The van der Waals surface area contributed by atoms with Gasteiger partial charge >= 0.3 is 0 Å². The van der Waals surface area contributed by atoms with E-state index in [4.69, 9.17) is 0 Å². The van der Waals surface area contributed by atoms with Crippen molar-refractivity contribution < 1.29 is 4.39 Å². The van der Waals surface area contributed by atoms with E-state index < -0.39 is 0 Å². The quantitative estimate of drug-likeness (QED) is 0.701. The molecule has 0 saturated carbocycles. The van der Waals surface area contributed by atoms with Gasteiger partial charge in [0.15, 0.2) is 0 Å². The van der Waals surface area contributed by atoms with Crippen LogP contribution in [0.2, 0.25) is 0 Å². The lowest BCUT2D eigenvalue weighted by molar-refractivity contribution is 0.628. The van der Waals surface area contributed by atoms with Gasteiger partial charge in [0.25, 0.3) is 0 Å². The van der Waals surface area contributed by atoms with Crippen molar-refractivity contribution in [3.8, 4) is 22.4 Å². The minimum Gasteiger partial charge on any atom is -0.275 e. The number of rotatable bonds is 2. The number of benzene rings is 1. The molecule has 0 fully saturated rings. The fourth-order valence-electron chi connectivity index (χ4n) is 2.05. The lowest BCUT2D eigenvalue weighted by Gasteiger charge is -2.02. The molecule has 0 unspecified atom stereocenters. The maximum absolute atomic E-state index is 13.0. The zero-order valence-corrected chi connectivity index (χ0v) is 10.4. The molecule has 0 radical (unpaired) electrons. The molecular weight excluding hydrogens is 241 g/mol. The number of aromatic nitrogens is 3. The number of nitrogens with zero attached hydrogens (tertiary/aromatic N) is 3. The van der Waals surface area contributed by atoms with Gasteiger partial charge in [0.2, 0.25) is 0 Å². The average Bonchev–Trinajstić information content (AvgIpc) is 2.83. The van der Waals surface area contributed by atoms with Gasteiger partial charge in [-0.05, 0) is 29.8 Å². The molecule has 3 rings (SSSR count). The lowest BCUT2D eigenvalue weighted by atomic mass is 10.0. The fraction of sp³-hybridized carbons (Fsp3) is 0.0667. The van der Waals surface area contributed by atoms with Crippen LogP contribution in [0.5, 0.6) is 0 Å². The van der Waals surface area contributed by atoms with Crippen LogP contribution in [0, 0.1) is 5.82 Å². The van der Waals surface area contributed by atoms with Crippen LogP contribution in [0.1, 0.15) is 0 Å². The number of hydrogen-bond donors (Lipinski definition) is 0. The maximum Gasteiger partial charge on any atom is 0.123 e. The summed E-state index contributed by atoms with van der Waals surface area (Å²) in [6.07, 6.45) is 5.40. The van der Waals surface area contributed by atoms with Gasteiger partial charge in [0.1, 0.15) is 11.5 Å². The van der Waals surface area contributed by atoms with Gasteiger partial charge in [-0.25, -0.2) is 4.39 Å². The van der Waals surface area contributed by atoms with Crippen molar-refractivity contribution in [1.82, 2.24) is 14.8 Å². The molecule has 94 valence electrons. The standard InChI is InChI=1S/C15H12FN3/c1-19-10-14(11-2-4-13(16)5-3-11)15(18-19)12-6-8-17-9-7-12/h2-10H,1H3. The summed E-state index contributed by atoms with van der Waals surface area (Å²) < 4.78 is 14.8. The molecule has 0 amide bonds. The van der Waals surface area contributed by atoms with Gasteiger partial charge in [-0.1, -0.05) is 12.1 Å². The highest BCUT2D eigenvalue weighted by Crippen LogP contribution is 2.30. The minimum absolute atomic E-state index is 0.238. The summed E-state index contributed by atoms with van der Waals surface area (Å²) in [5.74, 6) is -0.238. The third kappa shape index (κ3) is 2.25. The molecule has 3 aromatic rings. The predicted octanol–water partition coefficient (Wildman–Crippen LogP) is 3.29. The molecule has 0 atom stereocenters. The van der Waals surface area contributed by atoms with Gasteiger partial charge < -0.3 is 0 Å². The summed E-state index contributed by atoms with van der Waals surface area (Å²) in [6.45, 7) is 0. The Bertz CT molecular complexity index is 687. The Balaban J connectivity index is 2.15. The first kappa shape index (κ1) is 11.6. The van der Waals surface area contributed by atoms with E-state index in [1.165, 1.54) is 12.1 Å². The number of pyridine rings is 1. The van der Waals surface area contributed by atoms with Crippen LogP contribution >= 0.6 is 0 Å². The SMILES string of the molecule is Cn1cc(-c2ccc(F)cc2)c(-c2ccncc2)n1. The second kappa shape index (κ2) is 4.65. The van der Waals surface area contributed by atoms with Crippen LogP contribution in [0.4, 0.5) is 4.39 Å². The van der Waals surface area contributed by atoms with Crippen molar-refractivity contribution in [2.24, 2.45) is 7.05 Å². The predicted molar refractivity (Wildman–Crippen MR) is 71.8 cm³/mol. The zero-order valence-electron chi connectivity index (χ0n) is 10.4. The van der Waals surface area contributed by atoms with E-state index in [9.17, 15) is 4.39 Å². The van der Waals surface area contributed by atoms with E-state index in [2.05, 4.69) is 10.1 Å². The molecule has 0 saturated heterocycles. The lowest BCUT2D eigenvalue weighted by Crippen LogP contribution is -1.87. The smallest absolute Gasteiger partial charge is 0.123 e. The molecule has 2 heterocycles. The Morgan fingerprint density at radius 2 is 1.63 bits per heavy atom. The summed E-state index contributed by atoms with van der Waals surface area (Å²) in [5.41, 5.74) is 3.79. The van der Waals surface area contributed by atoms with Crippen molar-refractivity contribution in [2.45, 2.75) is 0 Å². The summed E-state index contributed by atoms with van der Waals surface area (Å²) in [5, 5.41) is 4.47. The number of aryl methyl sites for hydroxylation is 1. The Morgan fingerprint density at radius 3 is 2.32 bits per heavy atom. The molecule has 2 aromatic heterocycles. The highest BCUT2D eigenvalue weighted by atomic mass is 19.1. The minimum atomic E-state index is -0.238. The Hall–Kier alpha value is -2.49. The van der Waals surface area contributed by atoms with Crippen LogP contribution in [-0.2, 0) is 7.05 Å². The van der Waals surface area contributed by atoms with E-state index in [1.807, 2.05) is 25.4 Å². The first-order valence-corrected chi connectivity index (χ1v) is 5.94. The highest BCUT2D eigenvalue weighted by Gasteiger charge is 2.11. The van der Waals surface area contributed by atoms with Crippen LogP contribution in [-0.4, -0.2) is 14.8 Å². The summed E-state index contributed by atoms with van der Waals surface area (Å²) in [7, 11) is 1.87. The first-order chi connectivity index (χ1) is 9.24. The van der Waals surface area contributed by atoms with Crippen molar-refractivity contribution in [1.29, 1.82) is 0 Å². The molecule has 0 aliphatic rings. The zero-order chi connectivity index (χ0) is 13.2. The van der Waals surface area contributed by atoms with Gasteiger partial charge in [-0.2, -0.15) is 5.10 Å². The van der Waals surface area contributed by atoms with Crippen LogP contribution in [0.15, 0.2) is 55.0 Å². The van der Waals surface area contributed by atoms with Crippen LogP contribution in [0.3, 0.4) is 0 Å². The molecule has 4 heteroatoms. The molecule has 0 spiro atoms. The third-order valence-corrected chi connectivity index (χ3v) is 2.94. The van der Waals surface area contributed by atoms with E-state index in [0.717, 1.165) is 22.4 Å². The first-order valence-electron chi connectivity index (χ1n) is 5.94. The molecule has 3 nitrogen and oxygen atoms in total. The van der Waals surface area contributed by atoms with Crippen LogP contribution in [0.25, 0.3) is 22.4 Å². The summed E-state index contributed by atoms with van der Waals surface area (Å²) in [6, 6.07) is 10.3. The molecule has 0 bridgehead atoms. The van der Waals surface area contributed by atoms with Gasteiger partial charge in [0, 0.05) is 36.8 Å². The highest BCUT2D eigenvalue weighted by molar-refractivity contribution is 5.80. The normalized spacial score (nSPS) is 10.6. The Labute approximate surface area is 110 Å². The van der Waals surface area contributed by atoms with E-state index >= 15 is 0 Å². The molecule has 19 heavy (non-hydrogen) atoms. The Morgan fingerprint density at radius 1 is 0.947 bits per heavy atom. The van der Waals surface area contributed by atoms with E-state index in [-0.39, 0.29) is 5.82 Å². The number of hydrogen-bond acceptors (Lipinski definition) is 2. The topological polar surface area (TPSA) is 30.7 Å². The van der Waals surface area contributed by atoms with Gasteiger partial charge in [-0.3, -0.25) is 9.67 Å². The molecule has 1 aromatic carbocycles. The largest absolute Gasteiger partial charge is 0.275 e. The fourth-order valence-corrected chi connectivity index (χ4v) is 2.05. The van der Waals surface area contributed by atoms with Crippen molar-refractivity contribution in [2.75, 3.05) is 0 Å². The molecular formula is C15H12FN3. The summed E-state index contributed by atoms with van der Waals surface area (Å²) in [4.78, 5) is 4.01. The van der Waals surface area contributed by atoms with E-state index in [0.29, 0.717) is 0 Å². The average molecular weight is 253 g/mol. The maximum atomic E-state index is 13.0.